The number of carbonyl (C=O) groups excluding carboxylic acids is 1. The van der Waals surface area contributed by atoms with Gasteiger partial charge >= 0.3 is 0 Å². The molecule has 270 valence electrons. The van der Waals surface area contributed by atoms with Crippen LogP contribution < -0.4 is 15.5 Å². The van der Waals surface area contributed by atoms with Crippen LogP contribution in [0.15, 0.2) is 179 Å². The predicted octanol–water partition coefficient (Wildman–Crippen LogP) is 8.94. The number of hydrogen-bond donors (Lipinski definition) is 1. The molecule has 0 spiro atoms. The topological polar surface area (TPSA) is 112 Å². The van der Waals surface area contributed by atoms with Gasteiger partial charge in [-0.1, -0.05) is 127 Å². The van der Waals surface area contributed by atoms with Gasteiger partial charge in [0.25, 0.3) is 5.91 Å². The van der Waals surface area contributed by atoms with E-state index >= 15 is 0 Å². The first-order chi connectivity index (χ1) is 27.1. The third kappa shape index (κ3) is 7.15. The minimum atomic E-state index is -1.05. The fourth-order valence-electron chi connectivity index (χ4n) is 7.02. The second kappa shape index (κ2) is 15.9. The van der Waals surface area contributed by atoms with Crippen LogP contribution in [0, 0.1) is 0 Å². The van der Waals surface area contributed by atoms with Gasteiger partial charge < -0.3 is 14.5 Å². The van der Waals surface area contributed by atoms with Crippen LogP contribution in [0.3, 0.4) is 0 Å². The zero-order valence-corrected chi connectivity index (χ0v) is 29.9. The summed E-state index contributed by atoms with van der Waals surface area (Å²) in [5, 5.41) is 16.4. The number of nitrogens with one attached hydrogen (secondary N) is 1. The van der Waals surface area contributed by atoms with E-state index in [9.17, 15) is 9.59 Å². The zero-order chi connectivity index (χ0) is 37.5. The monoisotopic (exact) mass is 723 g/mol. The first-order valence-electron chi connectivity index (χ1n) is 18.2. The minimum absolute atomic E-state index is 0.140. The van der Waals surface area contributed by atoms with Crippen molar-refractivity contribution in [1.82, 2.24) is 20.2 Å². The third-order valence-corrected chi connectivity index (χ3v) is 9.67. The van der Waals surface area contributed by atoms with Gasteiger partial charge in [-0.2, -0.15) is 0 Å². The number of aromatic nitrogens is 4. The highest BCUT2D eigenvalue weighted by atomic mass is 16.5. The van der Waals surface area contributed by atoms with Gasteiger partial charge in [0, 0.05) is 11.6 Å². The normalized spacial score (nSPS) is 11.3. The molecule has 2 aromatic heterocycles. The number of aryl methyl sites for hydroxylation is 1. The molecule has 0 atom stereocenters. The lowest BCUT2D eigenvalue weighted by Crippen LogP contribution is -2.39. The van der Waals surface area contributed by atoms with Crippen molar-refractivity contribution in [3.8, 4) is 17.3 Å². The molecule has 9 heteroatoms. The van der Waals surface area contributed by atoms with Gasteiger partial charge in [-0.25, -0.2) is 4.68 Å². The van der Waals surface area contributed by atoms with Crippen molar-refractivity contribution in [2.75, 3.05) is 11.9 Å². The molecular weight excluding hydrogens is 687 g/mol. The Balaban J connectivity index is 1.10. The molecule has 0 saturated heterocycles. The zero-order valence-electron chi connectivity index (χ0n) is 29.9. The van der Waals surface area contributed by atoms with Gasteiger partial charge in [0.15, 0.2) is 16.8 Å². The lowest BCUT2D eigenvalue weighted by molar-refractivity contribution is 0.102. The maximum Gasteiger partial charge on any atom is 0.255 e. The van der Waals surface area contributed by atoms with E-state index < -0.39 is 5.54 Å². The first kappa shape index (κ1) is 34.9. The Morgan fingerprint density at radius 2 is 1.29 bits per heavy atom. The van der Waals surface area contributed by atoms with Crippen molar-refractivity contribution in [2.45, 2.75) is 24.8 Å². The Kier molecular flexibility index (Phi) is 10.1. The number of para-hydroxylation sites is 1. The molecule has 6 aromatic carbocycles. The lowest BCUT2D eigenvalue weighted by atomic mass is 9.77. The fraction of sp³-hybridized carbons (Fsp3) is 0.109. The summed E-state index contributed by atoms with van der Waals surface area (Å²) in [4.78, 5) is 27.3. The smallest absolute Gasteiger partial charge is 0.255 e. The van der Waals surface area contributed by atoms with E-state index in [2.05, 4.69) is 45.1 Å². The number of benzene rings is 6. The van der Waals surface area contributed by atoms with E-state index in [4.69, 9.17) is 9.15 Å². The van der Waals surface area contributed by atoms with Crippen LogP contribution in [-0.2, 0) is 12.0 Å². The number of rotatable bonds is 13. The molecule has 0 aliphatic heterocycles. The minimum Gasteiger partial charge on any atom is -0.494 e. The van der Waals surface area contributed by atoms with Crippen LogP contribution in [-0.4, -0.2) is 32.7 Å². The summed E-state index contributed by atoms with van der Waals surface area (Å²) >= 11 is 0. The van der Waals surface area contributed by atoms with E-state index in [1.165, 1.54) is 11.6 Å². The average Bonchev–Trinajstić information content (AvgIpc) is 3.73. The standard InChI is InChI=1S/C46H37N5O4/c52-41-32-42(44-48-49-50-51(44)46(35-19-7-2-8-20-35,36-21-9-3-10-22-36)37-23-11-4-12-24-37)55-43-39(41)25-15-26-40(43)47-45(53)34-27-29-38(30-28-34)54-31-14-13-18-33-16-5-1-6-17-33/h1-12,15-17,19-30,32H,13-14,18,31H2,(H,47,53). The number of fused-ring (bicyclic) bond motifs is 1. The summed E-state index contributed by atoms with van der Waals surface area (Å²) in [5.41, 5.74) is 3.61. The summed E-state index contributed by atoms with van der Waals surface area (Å²) in [5.74, 6) is 0.692. The number of nitrogens with zero attached hydrogens (tertiary/aromatic N) is 4. The quantitative estimate of drug-likeness (QED) is 0.0934. The summed E-state index contributed by atoms with van der Waals surface area (Å²) < 4.78 is 14.1. The molecule has 0 radical (unpaired) electrons. The van der Waals surface area contributed by atoms with Gasteiger partial charge in [-0.15, -0.1) is 5.10 Å². The van der Waals surface area contributed by atoms with E-state index in [1.54, 1.807) is 47.1 Å². The molecule has 0 saturated carbocycles. The Bertz CT molecular complexity index is 2480. The van der Waals surface area contributed by atoms with E-state index in [0.29, 0.717) is 29.0 Å². The number of tetrazole rings is 1. The molecule has 0 aliphatic rings. The SMILES string of the molecule is O=C(Nc1cccc2c(=O)cc(-c3nnnn3C(c3ccccc3)(c3ccccc3)c3ccccc3)oc12)c1ccc(OCCCCc2ccccc2)cc1. The van der Waals surface area contributed by atoms with Crippen molar-refractivity contribution < 1.29 is 13.9 Å². The molecule has 0 unspecified atom stereocenters. The van der Waals surface area contributed by atoms with Crippen molar-refractivity contribution >= 4 is 22.6 Å². The van der Waals surface area contributed by atoms with E-state index in [0.717, 1.165) is 36.0 Å². The van der Waals surface area contributed by atoms with Crippen molar-refractivity contribution in [1.29, 1.82) is 0 Å². The molecule has 55 heavy (non-hydrogen) atoms. The molecule has 0 aliphatic carbocycles. The van der Waals surface area contributed by atoms with Crippen molar-refractivity contribution in [3.05, 3.63) is 208 Å². The van der Waals surface area contributed by atoms with Crippen LogP contribution in [0.5, 0.6) is 5.75 Å². The molecule has 1 amide bonds. The summed E-state index contributed by atoms with van der Waals surface area (Å²) in [6.45, 7) is 0.586. The fourth-order valence-corrected chi connectivity index (χ4v) is 7.02. The molecule has 0 bridgehead atoms. The van der Waals surface area contributed by atoms with Crippen LogP contribution >= 0.6 is 0 Å². The van der Waals surface area contributed by atoms with Gasteiger partial charge in [-0.05, 0) is 88.3 Å². The second-order valence-electron chi connectivity index (χ2n) is 13.1. The number of unbranched alkanes of at least 4 members (excludes halogenated alkanes) is 1. The Morgan fingerprint density at radius 3 is 1.91 bits per heavy atom. The average molecular weight is 724 g/mol. The molecule has 2 heterocycles. The summed E-state index contributed by atoms with van der Waals surface area (Å²) in [6, 6.07) is 53.7. The number of ether oxygens (including phenoxy) is 1. The lowest BCUT2D eigenvalue weighted by Gasteiger charge is -2.36. The van der Waals surface area contributed by atoms with Gasteiger partial charge in [0.2, 0.25) is 5.82 Å². The highest BCUT2D eigenvalue weighted by molar-refractivity contribution is 6.08. The van der Waals surface area contributed by atoms with Gasteiger partial charge in [-0.3, -0.25) is 9.59 Å². The van der Waals surface area contributed by atoms with E-state index in [1.807, 2.05) is 97.1 Å². The van der Waals surface area contributed by atoms with Crippen LogP contribution in [0.25, 0.3) is 22.6 Å². The number of amides is 1. The summed E-state index contributed by atoms with van der Waals surface area (Å²) in [6.07, 6.45) is 2.95. The van der Waals surface area contributed by atoms with Gasteiger partial charge in [0.1, 0.15) is 11.3 Å². The maximum absolute atomic E-state index is 13.7. The largest absolute Gasteiger partial charge is 0.494 e. The number of carbonyl (C=O) groups is 1. The maximum atomic E-state index is 13.7. The highest BCUT2D eigenvalue weighted by Gasteiger charge is 2.42. The molecule has 8 aromatic rings. The Morgan fingerprint density at radius 1 is 0.691 bits per heavy atom. The predicted molar refractivity (Wildman–Crippen MR) is 213 cm³/mol. The van der Waals surface area contributed by atoms with Crippen LogP contribution in [0.2, 0.25) is 0 Å². The first-order valence-corrected chi connectivity index (χ1v) is 18.2. The highest BCUT2D eigenvalue weighted by Crippen LogP contribution is 2.42. The second-order valence-corrected chi connectivity index (χ2v) is 13.1. The molecular formula is C46H37N5O4. The van der Waals surface area contributed by atoms with E-state index in [-0.39, 0.29) is 28.5 Å². The third-order valence-electron chi connectivity index (χ3n) is 9.67. The summed E-state index contributed by atoms with van der Waals surface area (Å²) in [7, 11) is 0. The number of hydrogen-bond acceptors (Lipinski definition) is 7. The molecule has 0 fully saturated rings. The van der Waals surface area contributed by atoms with Gasteiger partial charge in [0.05, 0.1) is 17.7 Å². The van der Waals surface area contributed by atoms with Crippen molar-refractivity contribution in [3.63, 3.8) is 0 Å². The molecule has 1 N–H and O–H groups in total. The Labute approximate surface area is 317 Å². The molecule has 9 nitrogen and oxygen atoms in total. The van der Waals surface area contributed by atoms with Crippen LogP contribution in [0.1, 0.15) is 45.5 Å². The van der Waals surface area contributed by atoms with Crippen molar-refractivity contribution in [2.24, 2.45) is 0 Å². The van der Waals surface area contributed by atoms with Crippen LogP contribution in [0.4, 0.5) is 5.69 Å². The molecule has 8 rings (SSSR count). The Hall–Kier alpha value is -7.13. The number of anilines is 1.